The molecule has 0 aliphatic rings. The molecule has 0 saturated heterocycles. The minimum absolute atomic E-state index is 0.309. The highest BCUT2D eigenvalue weighted by molar-refractivity contribution is 6.34. The molecular weight excluding hydrogens is 151 g/mol. The van der Waals surface area contributed by atoms with Gasteiger partial charge in [-0.15, -0.1) is 0 Å². The van der Waals surface area contributed by atoms with E-state index in [1.54, 1.807) is 7.11 Å². The van der Waals surface area contributed by atoms with E-state index in [-0.39, 0.29) is 0 Å². The van der Waals surface area contributed by atoms with Gasteiger partial charge in [0.05, 0.1) is 0 Å². The predicted octanol–water partition coefficient (Wildman–Crippen LogP) is 0.236. The Kier molecular flexibility index (Phi) is 3.17. The molecule has 0 aliphatic carbocycles. The minimum atomic E-state index is 0.309. The lowest BCUT2D eigenvalue weighted by molar-refractivity contribution is 0.0519. The summed E-state index contributed by atoms with van der Waals surface area (Å²) in [6, 6.07) is 6.08. The van der Waals surface area contributed by atoms with Crippen molar-refractivity contribution in [3.8, 4) is 5.75 Å². The number of hydrogen-bond acceptors (Lipinski definition) is 2. The molecule has 0 spiro atoms. The summed E-state index contributed by atoms with van der Waals surface area (Å²) in [7, 11) is 3.64. The maximum absolute atomic E-state index is 5.32. The van der Waals surface area contributed by atoms with Gasteiger partial charge in [0.15, 0.2) is 6.79 Å². The van der Waals surface area contributed by atoms with E-state index in [1.165, 1.54) is 5.56 Å². The summed E-state index contributed by atoms with van der Waals surface area (Å²) in [6.45, 7) is 2.37. The van der Waals surface area contributed by atoms with Gasteiger partial charge in [-0.05, 0) is 18.5 Å². The Hall–Kier alpha value is -0.955. The van der Waals surface area contributed by atoms with Crippen molar-refractivity contribution in [1.29, 1.82) is 0 Å². The molecule has 1 rings (SSSR count). The Morgan fingerprint density at radius 3 is 2.75 bits per heavy atom. The van der Waals surface area contributed by atoms with Crippen LogP contribution in [0.2, 0.25) is 0 Å². The Labute approximate surface area is 73.9 Å². The van der Waals surface area contributed by atoms with Gasteiger partial charge in [-0.1, -0.05) is 17.7 Å². The summed E-state index contributed by atoms with van der Waals surface area (Å²) < 4.78 is 10.1. The topological polar surface area (TPSA) is 18.5 Å². The first-order chi connectivity index (χ1) is 5.74. The van der Waals surface area contributed by atoms with Crippen LogP contribution in [-0.2, 0) is 4.74 Å². The van der Waals surface area contributed by atoms with Gasteiger partial charge in [0.1, 0.15) is 13.6 Å². The van der Waals surface area contributed by atoms with Gasteiger partial charge in [-0.25, -0.2) is 0 Å². The normalized spacial score (nSPS) is 9.83. The van der Waals surface area contributed by atoms with Gasteiger partial charge in [-0.3, -0.25) is 0 Å². The quantitative estimate of drug-likeness (QED) is 0.470. The van der Waals surface area contributed by atoms with Crippen molar-refractivity contribution in [2.75, 3.05) is 13.9 Å². The average molecular weight is 164 g/mol. The summed E-state index contributed by atoms with van der Waals surface area (Å²) in [5.74, 6) is 0.891. The van der Waals surface area contributed by atoms with Gasteiger partial charge >= 0.3 is 0 Å². The standard InChI is InChI=1S/C9H13BO2/c1-7-3-4-9(8(10)5-7)12-6-11-2/h3-5H,6,10H2,1-2H3. The van der Waals surface area contributed by atoms with Crippen molar-refractivity contribution < 1.29 is 9.47 Å². The van der Waals surface area contributed by atoms with Crippen LogP contribution in [0.25, 0.3) is 0 Å². The molecule has 3 heteroatoms. The molecule has 1 aromatic rings. The molecule has 2 nitrogen and oxygen atoms in total. The van der Waals surface area contributed by atoms with E-state index in [1.807, 2.05) is 20.0 Å². The van der Waals surface area contributed by atoms with E-state index in [0.29, 0.717) is 6.79 Å². The lowest BCUT2D eigenvalue weighted by atomic mass is 9.93. The Bertz CT molecular complexity index is 261. The highest BCUT2D eigenvalue weighted by Gasteiger charge is 1.97. The van der Waals surface area contributed by atoms with E-state index in [0.717, 1.165) is 11.2 Å². The number of rotatable bonds is 3. The predicted molar refractivity (Wildman–Crippen MR) is 51.9 cm³/mol. The van der Waals surface area contributed by atoms with Gasteiger partial charge in [0.25, 0.3) is 0 Å². The van der Waals surface area contributed by atoms with Crippen molar-refractivity contribution in [3.63, 3.8) is 0 Å². The van der Waals surface area contributed by atoms with Crippen molar-refractivity contribution >= 4 is 13.3 Å². The Morgan fingerprint density at radius 1 is 1.42 bits per heavy atom. The van der Waals surface area contributed by atoms with Crippen molar-refractivity contribution in [2.45, 2.75) is 6.92 Å². The summed E-state index contributed by atoms with van der Waals surface area (Å²) in [5, 5.41) is 0. The number of methoxy groups -OCH3 is 1. The summed E-state index contributed by atoms with van der Waals surface area (Å²) in [6.07, 6.45) is 0. The second kappa shape index (κ2) is 4.17. The average Bonchev–Trinajstić information content (AvgIpc) is 2.03. The third kappa shape index (κ3) is 2.27. The molecule has 0 amide bonds. The first-order valence-electron chi connectivity index (χ1n) is 3.93. The number of hydrogen-bond donors (Lipinski definition) is 0. The monoisotopic (exact) mass is 164 g/mol. The largest absolute Gasteiger partial charge is 0.468 e. The lowest BCUT2D eigenvalue weighted by Gasteiger charge is -2.08. The van der Waals surface area contributed by atoms with Gasteiger partial charge in [-0.2, -0.15) is 0 Å². The van der Waals surface area contributed by atoms with E-state index in [4.69, 9.17) is 9.47 Å². The minimum Gasteiger partial charge on any atom is -0.468 e. The molecule has 0 saturated carbocycles. The third-order valence-corrected chi connectivity index (χ3v) is 1.66. The lowest BCUT2D eigenvalue weighted by Crippen LogP contribution is -2.11. The summed E-state index contributed by atoms with van der Waals surface area (Å²) >= 11 is 0. The van der Waals surface area contributed by atoms with Crippen LogP contribution >= 0.6 is 0 Å². The fourth-order valence-electron chi connectivity index (χ4n) is 1.08. The van der Waals surface area contributed by atoms with Gasteiger partial charge < -0.3 is 9.47 Å². The fraction of sp³-hybridized carbons (Fsp3) is 0.333. The first-order valence-corrected chi connectivity index (χ1v) is 3.93. The molecule has 0 N–H and O–H groups in total. The SMILES string of the molecule is Bc1cc(C)ccc1OCOC. The zero-order valence-corrected chi connectivity index (χ0v) is 7.76. The van der Waals surface area contributed by atoms with Crippen LogP contribution in [0.4, 0.5) is 0 Å². The number of ether oxygens (including phenoxy) is 2. The molecular formula is C9H13BO2. The number of aryl methyl sites for hydroxylation is 1. The molecule has 0 radical (unpaired) electrons. The van der Waals surface area contributed by atoms with Crippen LogP contribution in [0.5, 0.6) is 5.75 Å². The molecule has 0 unspecified atom stereocenters. The maximum atomic E-state index is 5.32. The van der Waals surface area contributed by atoms with Crippen LogP contribution in [0.3, 0.4) is 0 Å². The summed E-state index contributed by atoms with van der Waals surface area (Å²) in [5.41, 5.74) is 2.39. The van der Waals surface area contributed by atoms with Crippen LogP contribution in [-0.4, -0.2) is 21.7 Å². The molecule has 0 aromatic heterocycles. The molecule has 0 bridgehead atoms. The zero-order valence-electron chi connectivity index (χ0n) is 7.76. The Morgan fingerprint density at radius 2 is 2.17 bits per heavy atom. The molecule has 0 aliphatic heterocycles. The van der Waals surface area contributed by atoms with Crippen LogP contribution in [0, 0.1) is 6.92 Å². The molecule has 0 fully saturated rings. The second-order valence-electron chi connectivity index (χ2n) is 2.82. The van der Waals surface area contributed by atoms with E-state index in [2.05, 4.69) is 13.0 Å². The van der Waals surface area contributed by atoms with E-state index >= 15 is 0 Å². The van der Waals surface area contributed by atoms with Crippen molar-refractivity contribution in [3.05, 3.63) is 23.8 Å². The van der Waals surface area contributed by atoms with Crippen LogP contribution in [0.15, 0.2) is 18.2 Å². The van der Waals surface area contributed by atoms with Crippen LogP contribution < -0.4 is 10.2 Å². The van der Waals surface area contributed by atoms with Crippen molar-refractivity contribution in [1.82, 2.24) is 0 Å². The van der Waals surface area contributed by atoms with Crippen LogP contribution in [0.1, 0.15) is 5.56 Å². The molecule has 64 valence electrons. The highest BCUT2D eigenvalue weighted by atomic mass is 16.7. The zero-order chi connectivity index (χ0) is 8.97. The van der Waals surface area contributed by atoms with E-state index in [9.17, 15) is 0 Å². The molecule has 0 atom stereocenters. The molecule has 1 aromatic carbocycles. The smallest absolute Gasteiger partial charge is 0.188 e. The molecule has 0 heterocycles. The fourth-order valence-corrected chi connectivity index (χ4v) is 1.08. The van der Waals surface area contributed by atoms with E-state index < -0.39 is 0 Å². The summed E-state index contributed by atoms with van der Waals surface area (Å²) in [4.78, 5) is 0. The van der Waals surface area contributed by atoms with Gasteiger partial charge in [0.2, 0.25) is 0 Å². The third-order valence-electron chi connectivity index (χ3n) is 1.66. The second-order valence-corrected chi connectivity index (χ2v) is 2.82. The Balaban J connectivity index is 2.72. The number of benzene rings is 1. The first kappa shape index (κ1) is 9.14. The van der Waals surface area contributed by atoms with Crippen molar-refractivity contribution in [2.24, 2.45) is 0 Å². The maximum Gasteiger partial charge on any atom is 0.188 e. The van der Waals surface area contributed by atoms with Gasteiger partial charge in [0, 0.05) is 7.11 Å². The molecule has 12 heavy (non-hydrogen) atoms. The highest BCUT2D eigenvalue weighted by Crippen LogP contribution is 2.07.